The quantitative estimate of drug-likeness (QED) is 0.873. The summed E-state index contributed by atoms with van der Waals surface area (Å²) in [6.07, 6.45) is 4.68. The monoisotopic (exact) mass is 316 g/mol. The molecule has 2 aromatic heterocycles. The molecule has 2 fully saturated rings. The lowest BCUT2D eigenvalue weighted by molar-refractivity contribution is -0.150. The van der Waals surface area contributed by atoms with Crippen LogP contribution in [0.3, 0.4) is 0 Å². The standard InChI is InChI=1S/C16H20N4O3/c1-23-9-16(15(21)22)5-7-20(8-16)14-11-4-6-17-13(11)18-12(19-14)10-2-3-10/h4,6,10H,2-3,5,7-9H2,1H3,(H,21,22)(H,17,18,19). The van der Waals surface area contributed by atoms with Gasteiger partial charge in [0.1, 0.15) is 22.7 Å². The van der Waals surface area contributed by atoms with Crippen molar-refractivity contribution >= 4 is 22.8 Å². The van der Waals surface area contributed by atoms with Crippen molar-refractivity contribution in [3.8, 4) is 0 Å². The van der Waals surface area contributed by atoms with Gasteiger partial charge in [0.15, 0.2) is 0 Å². The van der Waals surface area contributed by atoms with E-state index in [4.69, 9.17) is 9.72 Å². The highest BCUT2D eigenvalue weighted by Gasteiger charge is 2.46. The summed E-state index contributed by atoms with van der Waals surface area (Å²) in [7, 11) is 1.55. The number of carbonyl (C=O) groups is 1. The molecule has 122 valence electrons. The number of hydrogen-bond donors (Lipinski definition) is 2. The number of H-pyrrole nitrogens is 1. The van der Waals surface area contributed by atoms with E-state index in [9.17, 15) is 9.90 Å². The van der Waals surface area contributed by atoms with E-state index in [1.54, 1.807) is 7.11 Å². The summed E-state index contributed by atoms with van der Waals surface area (Å²) < 4.78 is 5.17. The molecule has 1 aliphatic heterocycles. The van der Waals surface area contributed by atoms with Gasteiger partial charge in [-0.05, 0) is 25.3 Å². The third-order valence-corrected chi connectivity index (χ3v) is 4.88. The maximum atomic E-state index is 11.7. The van der Waals surface area contributed by atoms with Gasteiger partial charge in [-0.25, -0.2) is 9.97 Å². The van der Waals surface area contributed by atoms with Crippen LogP contribution in [0.15, 0.2) is 12.3 Å². The number of rotatable bonds is 5. The molecule has 0 amide bonds. The largest absolute Gasteiger partial charge is 0.481 e. The molecule has 0 radical (unpaired) electrons. The van der Waals surface area contributed by atoms with E-state index in [0.717, 1.165) is 35.5 Å². The lowest BCUT2D eigenvalue weighted by Gasteiger charge is -2.24. The normalized spacial score (nSPS) is 24.5. The Hall–Kier alpha value is -2.15. The maximum absolute atomic E-state index is 11.7. The number of nitrogens with one attached hydrogen (secondary N) is 1. The molecule has 2 aliphatic rings. The fourth-order valence-corrected chi connectivity index (χ4v) is 3.39. The minimum absolute atomic E-state index is 0.218. The van der Waals surface area contributed by atoms with Crippen molar-refractivity contribution in [1.29, 1.82) is 0 Å². The van der Waals surface area contributed by atoms with Crippen LogP contribution < -0.4 is 4.90 Å². The number of hydrogen-bond acceptors (Lipinski definition) is 5. The first-order chi connectivity index (χ1) is 11.1. The lowest BCUT2D eigenvalue weighted by Crippen LogP contribution is -2.38. The summed E-state index contributed by atoms with van der Waals surface area (Å²) in [5.41, 5.74) is -0.0290. The number of methoxy groups -OCH3 is 1. The molecule has 1 atom stereocenters. The zero-order valence-corrected chi connectivity index (χ0v) is 13.1. The number of aromatic nitrogens is 3. The number of aromatic amines is 1. The number of carboxylic acid groups (broad SMARTS) is 1. The molecule has 1 aliphatic carbocycles. The summed E-state index contributed by atoms with van der Waals surface area (Å²) in [5.74, 6) is 1.36. The molecule has 2 aromatic rings. The van der Waals surface area contributed by atoms with Gasteiger partial charge in [0.2, 0.25) is 0 Å². The molecule has 2 N–H and O–H groups in total. The van der Waals surface area contributed by atoms with Gasteiger partial charge in [0.05, 0.1) is 12.0 Å². The lowest BCUT2D eigenvalue weighted by atomic mass is 9.88. The molecule has 1 saturated carbocycles. The first-order valence-corrected chi connectivity index (χ1v) is 7.95. The number of nitrogens with zero attached hydrogens (tertiary/aromatic N) is 3. The fourth-order valence-electron chi connectivity index (χ4n) is 3.39. The first kappa shape index (κ1) is 14.4. The number of carboxylic acids is 1. The molecule has 1 saturated heterocycles. The van der Waals surface area contributed by atoms with Crippen molar-refractivity contribution in [3.05, 3.63) is 18.1 Å². The van der Waals surface area contributed by atoms with Crippen LogP contribution in [0.25, 0.3) is 11.0 Å². The Balaban J connectivity index is 1.72. The molecule has 7 nitrogen and oxygen atoms in total. The van der Waals surface area contributed by atoms with Crippen molar-refractivity contribution in [2.24, 2.45) is 5.41 Å². The van der Waals surface area contributed by atoms with Gasteiger partial charge in [-0.15, -0.1) is 0 Å². The van der Waals surface area contributed by atoms with Crippen molar-refractivity contribution in [2.75, 3.05) is 31.7 Å². The second kappa shape index (κ2) is 5.19. The third-order valence-electron chi connectivity index (χ3n) is 4.88. The Kier molecular flexibility index (Phi) is 3.26. The van der Waals surface area contributed by atoms with Crippen LogP contribution in [0.2, 0.25) is 0 Å². The van der Waals surface area contributed by atoms with Crippen LogP contribution in [-0.4, -0.2) is 52.8 Å². The summed E-state index contributed by atoms with van der Waals surface area (Å²) in [4.78, 5) is 26.3. The average Bonchev–Trinajstić information content (AvgIpc) is 3.12. The Morgan fingerprint density at radius 2 is 2.35 bits per heavy atom. The van der Waals surface area contributed by atoms with E-state index in [1.807, 2.05) is 12.3 Å². The Morgan fingerprint density at radius 3 is 3.04 bits per heavy atom. The number of aliphatic carboxylic acids is 1. The molecule has 7 heteroatoms. The topological polar surface area (TPSA) is 91.3 Å². The number of fused-ring (bicyclic) bond motifs is 1. The molecule has 0 aromatic carbocycles. The molecule has 0 spiro atoms. The highest BCUT2D eigenvalue weighted by atomic mass is 16.5. The molecule has 3 heterocycles. The zero-order chi connectivity index (χ0) is 16.0. The van der Waals surface area contributed by atoms with Gasteiger partial charge in [0, 0.05) is 32.3 Å². The van der Waals surface area contributed by atoms with Crippen LogP contribution in [0, 0.1) is 5.41 Å². The van der Waals surface area contributed by atoms with E-state index < -0.39 is 11.4 Å². The summed E-state index contributed by atoms with van der Waals surface area (Å²) in [6, 6.07) is 1.96. The molecule has 0 bridgehead atoms. The zero-order valence-electron chi connectivity index (χ0n) is 13.1. The highest BCUT2D eigenvalue weighted by Crippen LogP contribution is 2.41. The maximum Gasteiger partial charge on any atom is 0.313 e. The van der Waals surface area contributed by atoms with Crippen molar-refractivity contribution in [2.45, 2.75) is 25.2 Å². The van der Waals surface area contributed by atoms with Crippen LogP contribution in [-0.2, 0) is 9.53 Å². The summed E-state index contributed by atoms with van der Waals surface area (Å²) in [6.45, 7) is 1.30. The fraction of sp³-hybridized carbons (Fsp3) is 0.562. The van der Waals surface area contributed by atoms with Gasteiger partial charge in [-0.3, -0.25) is 4.79 Å². The van der Waals surface area contributed by atoms with Crippen LogP contribution in [0.5, 0.6) is 0 Å². The molecule has 1 unspecified atom stereocenters. The van der Waals surface area contributed by atoms with E-state index in [2.05, 4.69) is 14.9 Å². The van der Waals surface area contributed by atoms with Gasteiger partial charge in [-0.1, -0.05) is 0 Å². The van der Waals surface area contributed by atoms with Crippen molar-refractivity contribution < 1.29 is 14.6 Å². The highest BCUT2D eigenvalue weighted by molar-refractivity contribution is 5.88. The van der Waals surface area contributed by atoms with Crippen molar-refractivity contribution in [1.82, 2.24) is 15.0 Å². The predicted octanol–water partition coefficient (Wildman–Crippen LogP) is 1.76. The average molecular weight is 316 g/mol. The molecule has 23 heavy (non-hydrogen) atoms. The smallest absolute Gasteiger partial charge is 0.313 e. The Bertz CT molecular complexity index is 755. The molecular formula is C16H20N4O3. The van der Waals surface area contributed by atoms with E-state index in [0.29, 0.717) is 25.4 Å². The Morgan fingerprint density at radius 1 is 1.52 bits per heavy atom. The van der Waals surface area contributed by atoms with Gasteiger partial charge in [-0.2, -0.15) is 0 Å². The van der Waals surface area contributed by atoms with E-state index in [-0.39, 0.29) is 6.61 Å². The third kappa shape index (κ3) is 2.35. The number of anilines is 1. The van der Waals surface area contributed by atoms with Crippen molar-refractivity contribution in [3.63, 3.8) is 0 Å². The van der Waals surface area contributed by atoms with Gasteiger partial charge in [0.25, 0.3) is 0 Å². The second-order valence-corrected chi connectivity index (χ2v) is 6.61. The molecule has 4 rings (SSSR count). The minimum atomic E-state index is -0.859. The van der Waals surface area contributed by atoms with Crippen LogP contribution in [0.1, 0.15) is 31.0 Å². The van der Waals surface area contributed by atoms with E-state index >= 15 is 0 Å². The van der Waals surface area contributed by atoms with Crippen LogP contribution in [0.4, 0.5) is 5.82 Å². The SMILES string of the molecule is COCC1(C(=O)O)CCN(c2nc(C3CC3)nc3[nH]ccc23)C1. The molecular weight excluding hydrogens is 296 g/mol. The number of ether oxygens (including phenoxy) is 1. The van der Waals surface area contributed by atoms with Gasteiger partial charge >= 0.3 is 5.97 Å². The minimum Gasteiger partial charge on any atom is -0.481 e. The van der Waals surface area contributed by atoms with Gasteiger partial charge < -0.3 is 19.7 Å². The van der Waals surface area contributed by atoms with E-state index in [1.165, 1.54) is 0 Å². The summed E-state index contributed by atoms with van der Waals surface area (Å²) >= 11 is 0. The first-order valence-electron chi connectivity index (χ1n) is 7.95. The summed E-state index contributed by atoms with van der Waals surface area (Å²) in [5, 5.41) is 10.6. The predicted molar refractivity (Wildman–Crippen MR) is 84.6 cm³/mol. The second-order valence-electron chi connectivity index (χ2n) is 6.61. The Labute approximate surface area is 133 Å². The van der Waals surface area contributed by atoms with Crippen LogP contribution >= 0.6 is 0 Å².